The summed E-state index contributed by atoms with van der Waals surface area (Å²) in [6.45, 7) is 9.84. The summed E-state index contributed by atoms with van der Waals surface area (Å²) in [7, 11) is 0. The van der Waals surface area contributed by atoms with Crippen molar-refractivity contribution in [3.8, 4) is 0 Å². The third-order valence-electron chi connectivity index (χ3n) is 5.28. The number of hydrogen-bond donors (Lipinski definition) is 0. The third-order valence-corrected chi connectivity index (χ3v) is 5.28. The van der Waals surface area contributed by atoms with Gasteiger partial charge in [-0.1, -0.05) is 31.1 Å². The van der Waals surface area contributed by atoms with E-state index in [4.69, 9.17) is 4.74 Å². The first-order valence-corrected chi connectivity index (χ1v) is 7.98. The summed E-state index contributed by atoms with van der Waals surface area (Å²) in [5, 5.41) is 0. The minimum absolute atomic E-state index is 0.217. The van der Waals surface area contributed by atoms with Gasteiger partial charge in [0.2, 0.25) is 0 Å². The van der Waals surface area contributed by atoms with E-state index in [0.29, 0.717) is 17.4 Å². The fraction of sp³-hybridized carbons (Fsp3) is 0.722. The summed E-state index contributed by atoms with van der Waals surface area (Å²) in [5.41, 5.74) is 1.67. The van der Waals surface area contributed by atoms with Crippen LogP contribution in [0.15, 0.2) is 23.8 Å². The first-order valence-electron chi connectivity index (χ1n) is 7.98. The highest BCUT2D eigenvalue weighted by Crippen LogP contribution is 2.45. The van der Waals surface area contributed by atoms with E-state index in [-0.39, 0.29) is 11.6 Å². The Morgan fingerprint density at radius 2 is 1.95 bits per heavy atom. The van der Waals surface area contributed by atoms with E-state index in [0.717, 1.165) is 19.3 Å². The lowest BCUT2D eigenvalue weighted by Gasteiger charge is -2.43. The van der Waals surface area contributed by atoms with Crippen molar-refractivity contribution in [2.24, 2.45) is 11.8 Å². The Bertz CT molecular complexity index is 415. The van der Waals surface area contributed by atoms with Crippen molar-refractivity contribution in [3.05, 3.63) is 23.8 Å². The van der Waals surface area contributed by atoms with Crippen LogP contribution in [0.2, 0.25) is 0 Å². The van der Waals surface area contributed by atoms with Gasteiger partial charge in [-0.3, -0.25) is 0 Å². The molecular formula is C18H28O2. The lowest BCUT2D eigenvalue weighted by Crippen LogP contribution is -2.46. The van der Waals surface area contributed by atoms with Crippen LogP contribution < -0.4 is 0 Å². The molecule has 1 fully saturated rings. The molecule has 2 heteroatoms. The molecule has 20 heavy (non-hydrogen) atoms. The lowest BCUT2D eigenvalue weighted by atomic mass is 9.71. The summed E-state index contributed by atoms with van der Waals surface area (Å²) in [6.07, 6.45) is 10.6. The van der Waals surface area contributed by atoms with Crippen LogP contribution in [-0.2, 0) is 9.53 Å². The van der Waals surface area contributed by atoms with Crippen molar-refractivity contribution in [1.29, 1.82) is 0 Å². The van der Waals surface area contributed by atoms with E-state index in [1.54, 1.807) is 6.92 Å². The number of esters is 1. The number of allylic oxidation sites excluding steroid dienone is 2. The van der Waals surface area contributed by atoms with Crippen molar-refractivity contribution in [1.82, 2.24) is 0 Å². The SMILES string of the molecule is C=C(C)C(=O)OC(C)(C1CC=C(C)CC1)C1CCCC1. The molecule has 0 spiro atoms. The summed E-state index contributed by atoms with van der Waals surface area (Å²) in [4.78, 5) is 12.1. The third kappa shape index (κ3) is 3.16. The van der Waals surface area contributed by atoms with Gasteiger partial charge in [0.1, 0.15) is 5.60 Å². The molecule has 0 N–H and O–H groups in total. The molecule has 2 rings (SSSR count). The zero-order valence-electron chi connectivity index (χ0n) is 13.2. The van der Waals surface area contributed by atoms with Crippen LogP contribution in [0.25, 0.3) is 0 Å². The van der Waals surface area contributed by atoms with Crippen LogP contribution in [0.5, 0.6) is 0 Å². The molecule has 0 amide bonds. The number of carbonyl (C=O) groups excluding carboxylic acids is 1. The first-order chi connectivity index (χ1) is 9.43. The summed E-state index contributed by atoms with van der Waals surface area (Å²) < 4.78 is 5.99. The molecule has 112 valence electrons. The second kappa shape index (κ2) is 6.15. The van der Waals surface area contributed by atoms with Crippen molar-refractivity contribution >= 4 is 5.97 Å². The Balaban J connectivity index is 2.19. The van der Waals surface area contributed by atoms with E-state index in [1.807, 2.05) is 0 Å². The van der Waals surface area contributed by atoms with E-state index in [2.05, 4.69) is 26.5 Å². The molecule has 0 radical (unpaired) electrons. The normalized spacial score (nSPS) is 26.8. The second-order valence-electron chi connectivity index (χ2n) is 6.86. The summed E-state index contributed by atoms with van der Waals surface area (Å²) in [5.74, 6) is 0.755. The fourth-order valence-corrected chi connectivity index (χ4v) is 3.77. The molecule has 0 aromatic rings. The molecule has 2 aliphatic rings. The number of rotatable bonds is 4. The summed E-state index contributed by atoms with van der Waals surface area (Å²) in [6, 6.07) is 0. The highest BCUT2D eigenvalue weighted by Gasteiger charge is 2.45. The molecule has 0 aromatic heterocycles. The van der Waals surface area contributed by atoms with Crippen molar-refractivity contribution in [3.63, 3.8) is 0 Å². The Hall–Kier alpha value is -1.05. The van der Waals surface area contributed by atoms with Crippen LogP contribution in [0.1, 0.15) is 65.7 Å². The predicted molar refractivity (Wildman–Crippen MR) is 82.4 cm³/mol. The van der Waals surface area contributed by atoms with E-state index >= 15 is 0 Å². The van der Waals surface area contributed by atoms with Crippen molar-refractivity contribution in [2.45, 2.75) is 71.3 Å². The predicted octanol–water partition coefficient (Wildman–Crippen LogP) is 4.80. The van der Waals surface area contributed by atoms with Gasteiger partial charge in [0.05, 0.1) is 0 Å². The number of hydrogen-bond acceptors (Lipinski definition) is 2. The van der Waals surface area contributed by atoms with Crippen LogP contribution in [-0.4, -0.2) is 11.6 Å². The average Bonchev–Trinajstić information content (AvgIpc) is 2.93. The Kier molecular flexibility index (Phi) is 4.72. The molecule has 2 aliphatic carbocycles. The molecule has 0 bridgehead atoms. The molecule has 0 aliphatic heterocycles. The Labute approximate surface area is 123 Å². The largest absolute Gasteiger partial charge is 0.455 e. The van der Waals surface area contributed by atoms with Crippen LogP contribution >= 0.6 is 0 Å². The lowest BCUT2D eigenvalue weighted by molar-refractivity contribution is -0.167. The molecule has 0 saturated heterocycles. The Morgan fingerprint density at radius 1 is 1.30 bits per heavy atom. The van der Waals surface area contributed by atoms with Gasteiger partial charge in [-0.05, 0) is 58.8 Å². The Morgan fingerprint density at radius 3 is 2.45 bits per heavy atom. The van der Waals surface area contributed by atoms with E-state index < -0.39 is 0 Å². The smallest absolute Gasteiger partial charge is 0.333 e. The van der Waals surface area contributed by atoms with E-state index in [1.165, 1.54) is 31.3 Å². The molecule has 1 saturated carbocycles. The van der Waals surface area contributed by atoms with Gasteiger partial charge in [0, 0.05) is 11.5 Å². The summed E-state index contributed by atoms with van der Waals surface area (Å²) >= 11 is 0. The van der Waals surface area contributed by atoms with Crippen LogP contribution in [0.4, 0.5) is 0 Å². The molecule has 0 aromatic carbocycles. The molecular weight excluding hydrogens is 248 g/mol. The average molecular weight is 276 g/mol. The van der Waals surface area contributed by atoms with Gasteiger partial charge < -0.3 is 4.74 Å². The van der Waals surface area contributed by atoms with Gasteiger partial charge >= 0.3 is 5.97 Å². The van der Waals surface area contributed by atoms with Gasteiger partial charge in [0.25, 0.3) is 0 Å². The highest BCUT2D eigenvalue weighted by atomic mass is 16.6. The van der Waals surface area contributed by atoms with Crippen LogP contribution in [0.3, 0.4) is 0 Å². The van der Waals surface area contributed by atoms with Gasteiger partial charge in [0.15, 0.2) is 0 Å². The van der Waals surface area contributed by atoms with Crippen molar-refractivity contribution in [2.75, 3.05) is 0 Å². The van der Waals surface area contributed by atoms with Crippen LogP contribution in [0, 0.1) is 11.8 Å². The monoisotopic (exact) mass is 276 g/mol. The number of carbonyl (C=O) groups is 1. The maximum atomic E-state index is 12.1. The van der Waals surface area contributed by atoms with E-state index in [9.17, 15) is 4.79 Å². The first kappa shape index (κ1) is 15.3. The standard InChI is InChI=1S/C18H28O2/c1-13(2)17(19)20-18(4,15-7-5-6-8-15)16-11-9-14(3)10-12-16/h9,15-16H,1,5-8,10-12H2,2-4H3. The molecule has 2 atom stereocenters. The fourth-order valence-electron chi connectivity index (χ4n) is 3.77. The number of ether oxygens (including phenoxy) is 1. The maximum Gasteiger partial charge on any atom is 0.333 e. The quantitative estimate of drug-likeness (QED) is 0.419. The topological polar surface area (TPSA) is 26.3 Å². The minimum Gasteiger partial charge on any atom is -0.455 e. The van der Waals surface area contributed by atoms with Crippen molar-refractivity contribution < 1.29 is 9.53 Å². The zero-order chi connectivity index (χ0) is 14.8. The molecule has 2 nitrogen and oxygen atoms in total. The van der Waals surface area contributed by atoms with Gasteiger partial charge in [-0.25, -0.2) is 4.79 Å². The second-order valence-corrected chi connectivity index (χ2v) is 6.86. The minimum atomic E-state index is -0.316. The van der Waals surface area contributed by atoms with Gasteiger partial charge in [-0.15, -0.1) is 0 Å². The zero-order valence-corrected chi connectivity index (χ0v) is 13.2. The van der Waals surface area contributed by atoms with Gasteiger partial charge in [-0.2, -0.15) is 0 Å². The molecule has 2 unspecified atom stereocenters. The molecule has 0 heterocycles. The maximum absolute atomic E-state index is 12.1. The highest BCUT2D eigenvalue weighted by molar-refractivity contribution is 5.87.